The Labute approximate surface area is 122 Å². The van der Waals surface area contributed by atoms with Crippen LogP contribution in [0, 0.1) is 11.6 Å². The van der Waals surface area contributed by atoms with Gasteiger partial charge in [-0.15, -0.1) is 0 Å². The highest BCUT2D eigenvalue weighted by Crippen LogP contribution is 2.19. The largest absolute Gasteiger partial charge is 0.482 e. The molecule has 1 aromatic carbocycles. The second-order valence-corrected chi connectivity index (χ2v) is 5.75. The molecule has 6 heteroatoms. The zero-order valence-corrected chi connectivity index (χ0v) is 12.2. The number of hydrogen-bond donors (Lipinski definition) is 1. The number of aromatic nitrogens is 1. The second kappa shape index (κ2) is 6.22. The topological polar surface area (TPSA) is 47.3 Å². The minimum absolute atomic E-state index is 0.0210. The fraction of sp³-hybridized carbons (Fsp3) is 0.400. The van der Waals surface area contributed by atoms with Gasteiger partial charge in [0.25, 0.3) is 0 Å². The molecular weight excluding hydrogens is 278 g/mol. The van der Waals surface area contributed by atoms with Gasteiger partial charge >= 0.3 is 0 Å². The van der Waals surface area contributed by atoms with Gasteiger partial charge < -0.3 is 14.6 Å². The maximum absolute atomic E-state index is 13.4. The molecule has 0 spiro atoms. The fourth-order valence-electron chi connectivity index (χ4n) is 1.60. The normalized spacial score (nSPS) is 11.7. The molecule has 1 heterocycles. The third-order valence-electron chi connectivity index (χ3n) is 2.67. The van der Waals surface area contributed by atoms with E-state index < -0.39 is 11.6 Å². The summed E-state index contributed by atoms with van der Waals surface area (Å²) in [6.45, 7) is 6.75. The summed E-state index contributed by atoms with van der Waals surface area (Å²) in [6.07, 6.45) is 0. The van der Waals surface area contributed by atoms with Crippen molar-refractivity contribution >= 4 is 0 Å². The first-order valence-corrected chi connectivity index (χ1v) is 6.61. The van der Waals surface area contributed by atoms with E-state index in [9.17, 15) is 8.78 Å². The van der Waals surface area contributed by atoms with Crippen molar-refractivity contribution in [2.24, 2.45) is 0 Å². The third-order valence-corrected chi connectivity index (χ3v) is 2.67. The van der Waals surface area contributed by atoms with Crippen LogP contribution in [0.5, 0.6) is 5.75 Å². The Hall–Kier alpha value is -1.95. The molecule has 2 aromatic rings. The lowest BCUT2D eigenvalue weighted by Gasteiger charge is -2.19. The molecule has 1 aromatic heterocycles. The maximum atomic E-state index is 13.4. The van der Waals surface area contributed by atoms with Gasteiger partial charge in [0.15, 0.2) is 17.3 Å². The lowest BCUT2D eigenvalue weighted by Crippen LogP contribution is -2.35. The predicted molar refractivity (Wildman–Crippen MR) is 73.8 cm³/mol. The van der Waals surface area contributed by atoms with Crippen LogP contribution < -0.4 is 10.1 Å². The molecule has 0 aliphatic rings. The highest BCUT2D eigenvalue weighted by atomic mass is 19.1. The van der Waals surface area contributed by atoms with Crippen LogP contribution in [0.2, 0.25) is 0 Å². The van der Waals surface area contributed by atoms with E-state index in [-0.39, 0.29) is 17.9 Å². The second-order valence-electron chi connectivity index (χ2n) is 5.75. The average Bonchev–Trinajstić information content (AvgIpc) is 2.82. The van der Waals surface area contributed by atoms with E-state index in [0.717, 1.165) is 17.8 Å². The molecule has 0 aliphatic carbocycles. The number of hydrogen-bond acceptors (Lipinski definition) is 4. The summed E-state index contributed by atoms with van der Waals surface area (Å²) in [5.74, 6) is -0.939. The van der Waals surface area contributed by atoms with Crippen LogP contribution in [-0.2, 0) is 13.2 Å². The minimum Gasteiger partial charge on any atom is -0.482 e. The van der Waals surface area contributed by atoms with Gasteiger partial charge in [-0.05, 0) is 32.9 Å². The van der Waals surface area contributed by atoms with E-state index in [1.807, 2.05) is 0 Å². The summed E-state index contributed by atoms with van der Waals surface area (Å²) in [5, 5.41) is 7.17. The predicted octanol–water partition coefficient (Wildman–Crippen LogP) is 3.42. The minimum atomic E-state index is -0.746. The summed E-state index contributed by atoms with van der Waals surface area (Å²) in [5.41, 5.74) is 0.718. The molecule has 0 amide bonds. The van der Waals surface area contributed by atoms with E-state index in [1.165, 1.54) is 6.07 Å². The van der Waals surface area contributed by atoms with Crippen molar-refractivity contribution < 1.29 is 18.0 Å². The van der Waals surface area contributed by atoms with Crippen LogP contribution in [0.25, 0.3) is 0 Å². The Morgan fingerprint density at radius 1 is 1.24 bits per heavy atom. The Morgan fingerprint density at radius 2 is 2.00 bits per heavy atom. The summed E-state index contributed by atoms with van der Waals surface area (Å²) in [4.78, 5) is 0. The van der Waals surface area contributed by atoms with Crippen molar-refractivity contribution in [3.8, 4) is 5.75 Å². The molecule has 0 bridgehead atoms. The molecule has 114 valence electrons. The van der Waals surface area contributed by atoms with E-state index in [1.54, 1.807) is 6.07 Å². The number of halogens is 2. The molecule has 4 nitrogen and oxygen atoms in total. The van der Waals surface area contributed by atoms with E-state index in [4.69, 9.17) is 9.26 Å². The van der Waals surface area contributed by atoms with Crippen LogP contribution in [0.1, 0.15) is 32.2 Å². The number of ether oxygens (including phenoxy) is 1. The van der Waals surface area contributed by atoms with Gasteiger partial charge in [0.05, 0.1) is 5.69 Å². The number of nitrogens with zero attached hydrogens (tertiary/aromatic N) is 1. The monoisotopic (exact) mass is 296 g/mol. The molecule has 1 N–H and O–H groups in total. The summed E-state index contributed by atoms with van der Waals surface area (Å²) < 4.78 is 36.5. The average molecular weight is 296 g/mol. The van der Waals surface area contributed by atoms with Gasteiger partial charge in [-0.25, -0.2) is 8.78 Å². The Morgan fingerprint density at radius 3 is 2.67 bits per heavy atom. The lowest BCUT2D eigenvalue weighted by atomic mass is 10.1. The standard InChI is InChI=1S/C15H18F2N2O2/c1-15(2,3)18-8-11-7-12(21-19-11)9-20-14-5-4-10(16)6-13(14)17/h4-7,18H,8-9H2,1-3H3. The lowest BCUT2D eigenvalue weighted by molar-refractivity contribution is 0.239. The van der Waals surface area contributed by atoms with Gasteiger partial charge in [-0.3, -0.25) is 0 Å². The smallest absolute Gasteiger partial charge is 0.174 e. The van der Waals surface area contributed by atoms with E-state index in [0.29, 0.717) is 12.3 Å². The number of nitrogens with one attached hydrogen (secondary N) is 1. The van der Waals surface area contributed by atoms with E-state index >= 15 is 0 Å². The van der Waals surface area contributed by atoms with Crippen LogP contribution >= 0.6 is 0 Å². The first-order chi connectivity index (χ1) is 9.83. The summed E-state index contributed by atoms with van der Waals surface area (Å²) in [6, 6.07) is 4.88. The first-order valence-electron chi connectivity index (χ1n) is 6.61. The van der Waals surface area contributed by atoms with Crippen molar-refractivity contribution in [2.45, 2.75) is 39.5 Å². The van der Waals surface area contributed by atoms with Crippen LogP contribution in [-0.4, -0.2) is 10.7 Å². The van der Waals surface area contributed by atoms with Gasteiger partial charge in [-0.1, -0.05) is 5.16 Å². The Bertz CT molecular complexity index is 606. The maximum Gasteiger partial charge on any atom is 0.174 e. The van der Waals surface area contributed by atoms with Gasteiger partial charge in [0.2, 0.25) is 0 Å². The molecule has 0 atom stereocenters. The molecule has 0 saturated heterocycles. The highest BCUT2D eigenvalue weighted by molar-refractivity contribution is 5.24. The molecule has 0 saturated carbocycles. The highest BCUT2D eigenvalue weighted by Gasteiger charge is 2.12. The number of rotatable bonds is 5. The zero-order valence-electron chi connectivity index (χ0n) is 12.2. The zero-order chi connectivity index (χ0) is 15.5. The van der Waals surface area contributed by atoms with Crippen molar-refractivity contribution in [3.63, 3.8) is 0 Å². The Balaban J connectivity index is 1.90. The quantitative estimate of drug-likeness (QED) is 0.918. The van der Waals surface area contributed by atoms with Gasteiger partial charge in [0, 0.05) is 24.2 Å². The molecule has 0 aliphatic heterocycles. The molecule has 2 rings (SSSR count). The number of benzene rings is 1. The van der Waals surface area contributed by atoms with Crippen LogP contribution in [0.4, 0.5) is 8.78 Å². The van der Waals surface area contributed by atoms with Gasteiger partial charge in [0.1, 0.15) is 12.4 Å². The summed E-state index contributed by atoms with van der Waals surface area (Å²) in [7, 11) is 0. The third kappa shape index (κ3) is 4.82. The molecule has 0 radical (unpaired) electrons. The van der Waals surface area contributed by atoms with E-state index in [2.05, 4.69) is 31.2 Å². The first kappa shape index (κ1) is 15.4. The van der Waals surface area contributed by atoms with Crippen molar-refractivity contribution in [3.05, 3.63) is 47.4 Å². The van der Waals surface area contributed by atoms with Crippen molar-refractivity contribution in [1.29, 1.82) is 0 Å². The van der Waals surface area contributed by atoms with Crippen LogP contribution in [0.3, 0.4) is 0 Å². The molecule has 21 heavy (non-hydrogen) atoms. The van der Waals surface area contributed by atoms with Gasteiger partial charge in [-0.2, -0.15) is 0 Å². The molecule has 0 unspecified atom stereocenters. The molecular formula is C15H18F2N2O2. The SMILES string of the molecule is CC(C)(C)NCc1cc(COc2ccc(F)cc2F)on1. The molecule has 0 fully saturated rings. The fourth-order valence-corrected chi connectivity index (χ4v) is 1.60. The Kier molecular flexibility index (Phi) is 4.57. The van der Waals surface area contributed by atoms with Crippen LogP contribution in [0.15, 0.2) is 28.8 Å². The van der Waals surface area contributed by atoms with Crippen molar-refractivity contribution in [1.82, 2.24) is 10.5 Å². The summed E-state index contributed by atoms with van der Waals surface area (Å²) >= 11 is 0. The van der Waals surface area contributed by atoms with Crippen molar-refractivity contribution in [2.75, 3.05) is 0 Å².